The lowest BCUT2D eigenvalue weighted by atomic mass is 9.95. The first kappa shape index (κ1) is 26.0. The SMILES string of the molecule is C=CCOc1ccc(C(O)=C2C(=O)C(=O)N(CCCN(C)C)C2c2ccc(OC(C)C)cc2)cc1. The number of likely N-dealkylation sites (tertiary alicyclic amines) is 1. The van der Waals surface area contributed by atoms with Gasteiger partial charge in [0, 0.05) is 12.1 Å². The van der Waals surface area contributed by atoms with Crippen LogP contribution in [0.1, 0.15) is 37.4 Å². The smallest absolute Gasteiger partial charge is 0.295 e. The number of amides is 1. The molecular weight excluding hydrogens is 444 g/mol. The van der Waals surface area contributed by atoms with Crippen molar-refractivity contribution >= 4 is 17.4 Å². The molecule has 3 rings (SSSR count). The summed E-state index contributed by atoms with van der Waals surface area (Å²) in [5.74, 6) is -0.192. The molecule has 0 radical (unpaired) electrons. The van der Waals surface area contributed by atoms with Crippen LogP contribution in [0, 0.1) is 0 Å². The van der Waals surface area contributed by atoms with Gasteiger partial charge in [-0.3, -0.25) is 9.59 Å². The highest BCUT2D eigenvalue weighted by Gasteiger charge is 2.45. The summed E-state index contributed by atoms with van der Waals surface area (Å²) >= 11 is 0. The first-order chi connectivity index (χ1) is 16.7. The van der Waals surface area contributed by atoms with Crippen molar-refractivity contribution in [3.63, 3.8) is 0 Å². The van der Waals surface area contributed by atoms with E-state index in [-0.39, 0.29) is 17.4 Å². The third-order valence-corrected chi connectivity index (χ3v) is 5.61. The summed E-state index contributed by atoms with van der Waals surface area (Å²) in [7, 11) is 3.92. The lowest BCUT2D eigenvalue weighted by Crippen LogP contribution is -2.32. The largest absolute Gasteiger partial charge is 0.507 e. The van der Waals surface area contributed by atoms with Crippen LogP contribution < -0.4 is 9.47 Å². The normalized spacial score (nSPS) is 17.3. The number of Topliss-reactive ketones (excluding diaryl/α,β-unsaturated/α-hetero) is 1. The van der Waals surface area contributed by atoms with Gasteiger partial charge in [-0.25, -0.2) is 0 Å². The molecule has 1 amide bonds. The Labute approximate surface area is 207 Å². The molecule has 0 aromatic heterocycles. The van der Waals surface area contributed by atoms with E-state index in [1.54, 1.807) is 35.2 Å². The molecule has 1 unspecified atom stereocenters. The van der Waals surface area contributed by atoms with Crippen LogP contribution in [0.5, 0.6) is 11.5 Å². The fraction of sp³-hybridized carbons (Fsp3) is 0.357. The van der Waals surface area contributed by atoms with Crippen molar-refractivity contribution in [3.05, 3.63) is 77.9 Å². The van der Waals surface area contributed by atoms with E-state index in [9.17, 15) is 14.7 Å². The zero-order valence-electron chi connectivity index (χ0n) is 20.9. The summed E-state index contributed by atoms with van der Waals surface area (Å²) < 4.78 is 11.2. The molecule has 7 nitrogen and oxygen atoms in total. The Morgan fingerprint density at radius 2 is 1.71 bits per heavy atom. The zero-order valence-corrected chi connectivity index (χ0v) is 20.9. The molecule has 0 spiro atoms. The Morgan fingerprint density at radius 1 is 1.09 bits per heavy atom. The topological polar surface area (TPSA) is 79.3 Å². The minimum absolute atomic E-state index is 0.0240. The van der Waals surface area contributed by atoms with Gasteiger partial charge in [0.05, 0.1) is 17.7 Å². The van der Waals surface area contributed by atoms with E-state index in [1.807, 2.05) is 57.1 Å². The van der Waals surface area contributed by atoms with Gasteiger partial charge in [-0.1, -0.05) is 24.8 Å². The molecule has 1 N–H and O–H groups in total. The van der Waals surface area contributed by atoms with Crippen LogP contribution in [0.15, 0.2) is 66.8 Å². The van der Waals surface area contributed by atoms with Crippen molar-refractivity contribution in [2.75, 3.05) is 33.8 Å². The Hall–Kier alpha value is -3.58. The third kappa shape index (κ3) is 6.31. The average Bonchev–Trinajstić information content (AvgIpc) is 3.07. The fourth-order valence-electron chi connectivity index (χ4n) is 4.04. The highest BCUT2D eigenvalue weighted by atomic mass is 16.5. The second-order valence-corrected chi connectivity index (χ2v) is 9.01. The Morgan fingerprint density at radius 3 is 2.29 bits per heavy atom. The molecule has 1 heterocycles. The third-order valence-electron chi connectivity index (χ3n) is 5.61. The second-order valence-electron chi connectivity index (χ2n) is 9.01. The van der Waals surface area contributed by atoms with Crippen LogP contribution in [-0.4, -0.2) is 66.5 Å². The van der Waals surface area contributed by atoms with Crippen LogP contribution in [-0.2, 0) is 9.59 Å². The summed E-state index contributed by atoms with van der Waals surface area (Å²) in [6.07, 6.45) is 2.36. The quantitative estimate of drug-likeness (QED) is 0.223. The Kier molecular flexibility index (Phi) is 8.71. The standard InChI is InChI=1S/C28H34N2O5/c1-6-18-34-22-12-10-21(11-13-22)26(31)24-25(20-8-14-23(15-9-20)35-19(2)3)30(28(33)27(24)32)17-7-16-29(4)5/h6,8-15,19,25,31H,1,7,16-18H2,2-5H3. The predicted octanol–water partition coefficient (Wildman–Crippen LogP) is 4.41. The van der Waals surface area contributed by atoms with E-state index in [0.717, 1.165) is 12.1 Å². The van der Waals surface area contributed by atoms with Crippen LogP contribution in [0.2, 0.25) is 0 Å². The average molecular weight is 479 g/mol. The van der Waals surface area contributed by atoms with Crippen molar-refractivity contribution in [1.82, 2.24) is 9.80 Å². The number of rotatable bonds is 11. The van der Waals surface area contributed by atoms with Gasteiger partial charge in [0.2, 0.25) is 0 Å². The monoisotopic (exact) mass is 478 g/mol. The molecule has 186 valence electrons. The maximum absolute atomic E-state index is 13.2. The van der Waals surface area contributed by atoms with Gasteiger partial charge < -0.3 is 24.4 Å². The van der Waals surface area contributed by atoms with E-state index in [4.69, 9.17) is 9.47 Å². The van der Waals surface area contributed by atoms with Gasteiger partial charge in [-0.15, -0.1) is 0 Å². The minimum Gasteiger partial charge on any atom is -0.507 e. The number of ether oxygens (including phenoxy) is 2. The van der Waals surface area contributed by atoms with Crippen molar-refractivity contribution in [1.29, 1.82) is 0 Å². The fourth-order valence-corrected chi connectivity index (χ4v) is 4.04. The maximum atomic E-state index is 13.2. The number of benzene rings is 2. The van der Waals surface area contributed by atoms with Crippen molar-refractivity contribution in [2.45, 2.75) is 32.4 Å². The maximum Gasteiger partial charge on any atom is 0.295 e. The Balaban J connectivity index is 2.01. The number of aliphatic hydroxyl groups excluding tert-OH is 1. The van der Waals surface area contributed by atoms with Crippen molar-refractivity contribution in [3.8, 4) is 11.5 Å². The number of aliphatic hydroxyl groups is 1. The van der Waals surface area contributed by atoms with Crippen LogP contribution in [0.3, 0.4) is 0 Å². The molecule has 1 saturated heterocycles. The molecule has 0 aliphatic carbocycles. The molecule has 0 bridgehead atoms. The van der Waals surface area contributed by atoms with Crippen molar-refractivity contribution < 1.29 is 24.2 Å². The predicted molar refractivity (Wildman–Crippen MR) is 137 cm³/mol. The lowest BCUT2D eigenvalue weighted by Gasteiger charge is -2.26. The van der Waals surface area contributed by atoms with E-state index in [2.05, 4.69) is 6.58 Å². The van der Waals surface area contributed by atoms with Crippen LogP contribution in [0.25, 0.3) is 5.76 Å². The van der Waals surface area contributed by atoms with Gasteiger partial charge in [0.1, 0.15) is 23.9 Å². The van der Waals surface area contributed by atoms with E-state index in [0.29, 0.717) is 36.6 Å². The zero-order chi connectivity index (χ0) is 25.5. The summed E-state index contributed by atoms with van der Waals surface area (Å²) in [4.78, 5) is 29.8. The van der Waals surface area contributed by atoms with Crippen molar-refractivity contribution in [2.24, 2.45) is 0 Å². The summed E-state index contributed by atoms with van der Waals surface area (Å²) in [5, 5.41) is 11.2. The lowest BCUT2D eigenvalue weighted by molar-refractivity contribution is -0.139. The molecule has 7 heteroatoms. The van der Waals surface area contributed by atoms with Gasteiger partial charge in [-0.2, -0.15) is 0 Å². The number of nitrogens with zero attached hydrogens (tertiary/aromatic N) is 2. The number of ketones is 1. The molecule has 0 saturated carbocycles. The summed E-state index contributed by atoms with van der Waals surface area (Å²) in [6, 6.07) is 13.4. The van der Waals surface area contributed by atoms with E-state index >= 15 is 0 Å². The summed E-state index contributed by atoms with van der Waals surface area (Å²) in [6.45, 7) is 9.04. The second kappa shape index (κ2) is 11.7. The number of hydrogen-bond acceptors (Lipinski definition) is 6. The first-order valence-corrected chi connectivity index (χ1v) is 11.8. The molecule has 1 aliphatic heterocycles. The molecular formula is C28H34N2O5. The number of hydrogen-bond donors (Lipinski definition) is 1. The molecule has 1 fully saturated rings. The molecule has 2 aromatic carbocycles. The molecule has 1 aliphatic rings. The molecule has 35 heavy (non-hydrogen) atoms. The summed E-state index contributed by atoms with van der Waals surface area (Å²) in [5.41, 5.74) is 1.25. The number of carbonyl (C=O) groups excluding carboxylic acids is 2. The Bertz CT molecular complexity index is 1070. The van der Waals surface area contributed by atoms with Gasteiger partial charge in [-0.05, 0) is 82.9 Å². The van der Waals surface area contributed by atoms with Gasteiger partial charge >= 0.3 is 0 Å². The van der Waals surface area contributed by atoms with E-state index < -0.39 is 17.7 Å². The highest BCUT2D eigenvalue weighted by Crippen LogP contribution is 2.40. The number of carbonyl (C=O) groups is 2. The first-order valence-electron chi connectivity index (χ1n) is 11.8. The molecule has 2 aromatic rings. The van der Waals surface area contributed by atoms with Crippen LogP contribution in [0.4, 0.5) is 0 Å². The van der Waals surface area contributed by atoms with E-state index in [1.165, 1.54) is 0 Å². The van der Waals surface area contributed by atoms with Gasteiger partial charge in [0.15, 0.2) is 0 Å². The highest BCUT2D eigenvalue weighted by molar-refractivity contribution is 6.46. The molecule has 1 atom stereocenters. The van der Waals surface area contributed by atoms with Crippen LogP contribution >= 0.6 is 0 Å². The minimum atomic E-state index is -0.693. The van der Waals surface area contributed by atoms with Gasteiger partial charge in [0.25, 0.3) is 11.7 Å².